The largest absolute Gasteiger partial charge is 0.389 e. The second kappa shape index (κ2) is 10.7. The summed E-state index contributed by atoms with van der Waals surface area (Å²) in [7, 11) is 0. The number of aliphatic hydroxyl groups is 1. The van der Waals surface area contributed by atoms with Crippen LogP contribution < -0.4 is 5.32 Å². The van der Waals surface area contributed by atoms with Crippen molar-refractivity contribution in [2.45, 2.75) is 45.9 Å². The molecular formula is C16H28N2O3. The van der Waals surface area contributed by atoms with Crippen LogP contribution in [0.4, 0.5) is 0 Å². The van der Waals surface area contributed by atoms with E-state index in [2.05, 4.69) is 23.3 Å². The zero-order chi connectivity index (χ0) is 15.5. The molecule has 1 heterocycles. The number of aliphatic hydroxyl groups excluding tert-OH is 1. The molecule has 0 aliphatic carbocycles. The first-order chi connectivity index (χ1) is 10.1. The fourth-order valence-electron chi connectivity index (χ4n) is 1.93. The van der Waals surface area contributed by atoms with Crippen LogP contribution in [-0.4, -0.2) is 48.7 Å². The summed E-state index contributed by atoms with van der Waals surface area (Å²) in [6, 6.07) is 4.03. The Bertz CT molecular complexity index is 386. The maximum atomic E-state index is 9.81. The van der Waals surface area contributed by atoms with Gasteiger partial charge in [-0.05, 0) is 31.9 Å². The number of hydrogen-bond donors (Lipinski definition) is 2. The quantitative estimate of drug-likeness (QED) is 0.606. The van der Waals surface area contributed by atoms with Gasteiger partial charge in [-0.25, -0.2) is 0 Å². The van der Waals surface area contributed by atoms with Crippen molar-refractivity contribution in [2.24, 2.45) is 0 Å². The van der Waals surface area contributed by atoms with Gasteiger partial charge in [0, 0.05) is 19.3 Å². The summed E-state index contributed by atoms with van der Waals surface area (Å²) in [5.74, 6) is 0. The molecule has 0 saturated carbocycles. The Labute approximate surface area is 127 Å². The molecule has 0 saturated heterocycles. The molecule has 1 aromatic rings. The van der Waals surface area contributed by atoms with Crippen LogP contribution >= 0.6 is 0 Å². The highest BCUT2D eigenvalue weighted by molar-refractivity contribution is 5.19. The topological polar surface area (TPSA) is 63.6 Å². The number of nitrogens with zero attached hydrogens (tertiary/aromatic N) is 1. The van der Waals surface area contributed by atoms with Gasteiger partial charge >= 0.3 is 0 Å². The minimum absolute atomic E-state index is 0.214. The smallest absolute Gasteiger partial charge is 0.0897 e. The van der Waals surface area contributed by atoms with Crippen LogP contribution in [0.5, 0.6) is 0 Å². The van der Waals surface area contributed by atoms with E-state index in [1.165, 1.54) is 5.56 Å². The predicted molar refractivity (Wildman–Crippen MR) is 83.2 cm³/mol. The first-order valence-electron chi connectivity index (χ1n) is 7.64. The molecule has 1 unspecified atom stereocenters. The van der Waals surface area contributed by atoms with Crippen molar-refractivity contribution < 1.29 is 14.6 Å². The molecule has 0 fully saturated rings. The third kappa shape index (κ3) is 8.12. The lowest BCUT2D eigenvalue weighted by Crippen LogP contribution is -2.31. The summed E-state index contributed by atoms with van der Waals surface area (Å²) in [4.78, 5) is 4.36. The Morgan fingerprint density at radius 1 is 1.33 bits per heavy atom. The number of aryl methyl sites for hydroxylation is 1. The predicted octanol–water partition coefficient (Wildman–Crippen LogP) is 1.54. The molecule has 0 aliphatic rings. The highest BCUT2D eigenvalue weighted by atomic mass is 16.5. The summed E-state index contributed by atoms with van der Waals surface area (Å²) in [6.45, 7) is 8.63. The number of ether oxygens (including phenoxy) is 2. The van der Waals surface area contributed by atoms with Gasteiger partial charge in [0.15, 0.2) is 0 Å². The van der Waals surface area contributed by atoms with Gasteiger partial charge in [0.25, 0.3) is 0 Å². The van der Waals surface area contributed by atoms with E-state index < -0.39 is 6.10 Å². The maximum Gasteiger partial charge on any atom is 0.0897 e. The fourth-order valence-corrected chi connectivity index (χ4v) is 1.93. The van der Waals surface area contributed by atoms with Crippen molar-refractivity contribution in [1.29, 1.82) is 0 Å². The van der Waals surface area contributed by atoms with Gasteiger partial charge in [-0.2, -0.15) is 0 Å². The minimum Gasteiger partial charge on any atom is -0.389 e. The summed E-state index contributed by atoms with van der Waals surface area (Å²) in [5.41, 5.74) is 2.28. The molecule has 5 nitrogen and oxygen atoms in total. The molecule has 5 heteroatoms. The Hall–Kier alpha value is -1.01. The van der Waals surface area contributed by atoms with Gasteiger partial charge in [0.2, 0.25) is 0 Å². The fraction of sp³-hybridized carbons (Fsp3) is 0.688. The van der Waals surface area contributed by atoms with Crippen LogP contribution in [0.3, 0.4) is 0 Å². The molecule has 0 aliphatic heterocycles. The number of nitrogens with one attached hydrogen (secondary N) is 1. The Balaban J connectivity index is 2.11. The van der Waals surface area contributed by atoms with E-state index in [1.54, 1.807) is 6.20 Å². The molecule has 0 radical (unpaired) electrons. The Kier molecular flexibility index (Phi) is 9.17. The van der Waals surface area contributed by atoms with E-state index >= 15 is 0 Å². The third-order valence-electron chi connectivity index (χ3n) is 3.03. The van der Waals surface area contributed by atoms with Gasteiger partial charge in [-0.3, -0.25) is 4.98 Å². The van der Waals surface area contributed by atoms with Gasteiger partial charge in [-0.1, -0.05) is 13.0 Å². The molecule has 0 amide bonds. The molecule has 0 bridgehead atoms. The van der Waals surface area contributed by atoms with Crippen LogP contribution in [0, 0.1) is 0 Å². The van der Waals surface area contributed by atoms with E-state index in [1.807, 2.05) is 19.9 Å². The van der Waals surface area contributed by atoms with E-state index in [4.69, 9.17) is 9.47 Å². The second-order valence-electron chi connectivity index (χ2n) is 5.24. The van der Waals surface area contributed by atoms with Crippen molar-refractivity contribution in [2.75, 3.05) is 26.4 Å². The second-order valence-corrected chi connectivity index (χ2v) is 5.24. The van der Waals surface area contributed by atoms with Crippen molar-refractivity contribution in [1.82, 2.24) is 10.3 Å². The molecule has 120 valence electrons. The summed E-state index contributed by atoms with van der Waals surface area (Å²) < 4.78 is 10.7. The van der Waals surface area contributed by atoms with E-state index in [9.17, 15) is 5.11 Å². The molecule has 2 N–H and O–H groups in total. The van der Waals surface area contributed by atoms with Crippen molar-refractivity contribution in [3.8, 4) is 0 Å². The lowest BCUT2D eigenvalue weighted by molar-refractivity contribution is -0.0100. The maximum absolute atomic E-state index is 9.81. The van der Waals surface area contributed by atoms with Crippen LogP contribution in [-0.2, 0) is 22.4 Å². The van der Waals surface area contributed by atoms with Gasteiger partial charge in [0.05, 0.1) is 37.7 Å². The molecule has 0 spiro atoms. The van der Waals surface area contributed by atoms with Crippen LogP contribution in [0.2, 0.25) is 0 Å². The van der Waals surface area contributed by atoms with Crippen LogP contribution in [0.25, 0.3) is 0 Å². The third-order valence-corrected chi connectivity index (χ3v) is 3.03. The number of rotatable bonds is 11. The summed E-state index contributed by atoms with van der Waals surface area (Å²) in [5, 5.41) is 13.0. The molecule has 1 rings (SSSR count). The number of aromatic nitrogens is 1. The molecule has 1 atom stereocenters. The highest BCUT2D eigenvalue weighted by Crippen LogP contribution is 2.05. The first-order valence-corrected chi connectivity index (χ1v) is 7.64. The van der Waals surface area contributed by atoms with E-state index in [0.29, 0.717) is 32.9 Å². The lowest BCUT2D eigenvalue weighted by atomic mass is 10.1. The van der Waals surface area contributed by atoms with Crippen molar-refractivity contribution in [3.05, 3.63) is 29.6 Å². The molecule has 1 aromatic heterocycles. The monoisotopic (exact) mass is 296 g/mol. The van der Waals surface area contributed by atoms with E-state index in [-0.39, 0.29) is 6.10 Å². The van der Waals surface area contributed by atoms with Gasteiger partial charge in [-0.15, -0.1) is 0 Å². The van der Waals surface area contributed by atoms with Crippen molar-refractivity contribution >= 4 is 0 Å². The first kappa shape index (κ1) is 18.0. The standard InChI is InChI=1S/C16H28N2O3/c1-4-14-6-5-7-18-16(14)11-17-10-15(19)12-20-8-9-21-13(2)3/h5-7,13,15,17,19H,4,8-12H2,1-3H3. The van der Waals surface area contributed by atoms with Gasteiger partial charge < -0.3 is 19.9 Å². The summed E-state index contributed by atoms with van der Waals surface area (Å²) in [6.07, 6.45) is 2.46. The highest BCUT2D eigenvalue weighted by Gasteiger charge is 2.06. The Morgan fingerprint density at radius 2 is 2.14 bits per heavy atom. The Morgan fingerprint density at radius 3 is 2.86 bits per heavy atom. The van der Waals surface area contributed by atoms with Crippen LogP contribution in [0.15, 0.2) is 18.3 Å². The number of hydrogen-bond acceptors (Lipinski definition) is 5. The minimum atomic E-state index is -0.516. The average molecular weight is 296 g/mol. The lowest BCUT2D eigenvalue weighted by Gasteiger charge is -2.14. The SMILES string of the molecule is CCc1cccnc1CNCC(O)COCCOC(C)C. The molecule has 21 heavy (non-hydrogen) atoms. The van der Waals surface area contributed by atoms with Crippen molar-refractivity contribution in [3.63, 3.8) is 0 Å². The zero-order valence-electron chi connectivity index (χ0n) is 13.3. The summed E-state index contributed by atoms with van der Waals surface area (Å²) >= 11 is 0. The molecular weight excluding hydrogens is 268 g/mol. The van der Waals surface area contributed by atoms with E-state index in [0.717, 1.165) is 12.1 Å². The molecule has 0 aromatic carbocycles. The van der Waals surface area contributed by atoms with Crippen LogP contribution in [0.1, 0.15) is 32.0 Å². The van der Waals surface area contributed by atoms with Gasteiger partial charge in [0.1, 0.15) is 0 Å². The zero-order valence-corrected chi connectivity index (χ0v) is 13.3. The normalized spacial score (nSPS) is 12.8. The average Bonchev–Trinajstić information content (AvgIpc) is 2.47. The number of pyridine rings is 1.